The second-order valence-electron chi connectivity index (χ2n) is 5.21. The van der Waals surface area contributed by atoms with E-state index in [9.17, 15) is 18.3 Å². The summed E-state index contributed by atoms with van der Waals surface area (Å²) in [5.41, 5.74) is 0.877. The van der Waals surface area contributed by atoms with Crippen LogP contribution in [0.3, 0.4) is 0 Å². The number of halogens is 3. The lowest BCUT2D eigenvalue weighted by molar-refractivity contribution is -0.213. The van der Waals surface area contributed by atoms with Gasteiger partial charge >= 0.3 is 6.18 Å². The van der Waals surface area contributed by atoms with E-state index in [1.54, 1.807) is 24.3 Å². The van der Waals surface area contributed by atoms with Crippen molar-refractivity contribution in [3.63, 3.8) is 0 Å². The molecule has 1 N–H and O–H groups in total. The van der Waals surface area contributed by atoms with Gasteiger partial charge in [-0.2, -0.15) is 18.4 Å². The smallest absolute Gasteiger partial charge is 0.382 e. The number of hydrogen-bond donors (Lipinski definition) is 1. The van der Waals surface area contributed by atoms with Gasteiger partial charge in [0.05, 0.1) is 6.04 Å². The normalized spacial score (nSPS) is 19.6. The second-order valence-corrected chi connectivity index (χ2v) is 5.21. The van der Waals surface area contributed by atoms with Gasteiger partial charge in [-0.3, -0.25) is 0 Å². The minimum atomic E-state index is -4.63. The molecule has 7 heteroatoms. The zero-order chi connectivity index (χ0) is 15.9. The predicted molar refractivity (Wildman–Crippen MR) is 74.3 cm³/mol. The van der Waals surface area contributed by atoms with Gasteiger partial charge in [-0.1, -0.05) is 0 Å². The van der Waals surface area contributed by atoms with E-state index in [0.717, 1.165) is 5.39 Å². The molecule has 0 radical (unpaired) electrons. The van der Waals surface area contributed by atoms with Crippen LogP contribution in [0, 0.1) is 11.3 Å². The van der Waals surface area contributed by atoms with E-state index in [0.29, 0.717) is 24.0 Å². The number of nitriles is 1. The molecule has 1 aromatic heterocycles. The number of hydrogen-bond acceptors (Lipinski definition) is 4. The third kappa shape index (κ3) is 2.35. The molecule has 0 spiro atoms. The Kier molecular flexibility index (Phi) is 3.41. The van der Waals surface area contributed by atoms with Crippen LogP contribution in [0.5, 0.6) is 0 Å². The van der Waals surface area contributed by atoms with Crippen LogP contribution in [-0.4, -0.2) is 35.0 Å². The van der Waals surface area contributed by atoms with Gasteiger partial charge in [-0.25, -0.2) is 4.98 Å². The van der Waals surface area contributed by atoms with E-state index < -0.39 is 18.3 Å². The van der Waals surface area contributed by atoms with Gasteiger partial charge in [-0.15, -0.1) is 0 Å². The van der Waals surface area contributed by atoms with Gasteiger partial charge in [0.2, 0.25) is 0 Å². The first-order valence-corrected chi connectivity index (χ1v) is 6.72. The summed E-state index contributed by atoms with van der Waals surface area (Å²) < 4.78 is 37.9. The molecule has 1 aromatic carbocycles. The number of rotatable bonds is 2. The Balaban J connectivity index is 1.93. The van der Waals surface area contributed by atoms with Gasteiger partial charge in [0, 0.05) is 23.8 Å². The Hall–Kier alpha value is -2.33. The lowest BCUT2D eigenvalue weighted by Gasteiger charge is -2.45. The number of nitrogens with zero attached hydrogens (tertiary/aromatic N) is 3. The summed E-state index contributed by atoms with van der Waals surface area (Å²) in [6, 6.07) is 7.76. The summed E-state index contributed by atoms with van der Waals surface area (Å²) in [5.74, 6) is 0. The van der Waals surface area contributed by atoms with Crippen molar-refractivity contribution >= 4 is 16.5 Å². The van der Waals surface area contributed by atoms with E-state index >= 15 is 0 Å². The van der Waals surface area contributed by atoms with Crippen LogP contribution in [0.15, 0.2) is 30.5 Å². The first-order chi connectivity index (χ1) is 10.4. The number of fused-ring (bicyclic) bond motifs is 1. The fourth-order valence-electron chi connectivity index (χ4n) is 2.71. The molecule has 0 bridgehead atoms. The first-order valence-electron chi connectivity index (χ1n) is 6.72. The van der Waals surface area contributed by atoms with Crippen LogP contribution < -0.4 is 4.90 Å². The van der Waals surface area contributed by atoms with Crippen molar-refractivity contribution in [2.24, 2.45) is 0 Å². The maximum atomic E-state index is 12.6. The Morgan fingerprint density at radius 1 is 1.36 bits per heavy atom. The molecule has 3 rings (SSSR count). The van der Waals surface area contributed by atoms with Crippen molar-refractivity contribution in [1.29, 1.82) is 5.26 Å². The second kappa shape index (κ2) is 5.14. The van der Waals surface area contributed by atoms with Gasteiger partial charge in [0.1, 0.15) is 11.8 Å². The van der Waals surface area contributed by atoms with E-state index in [-0.39, 0.29) is 5.69 Å². The summed E-state index contributed by atoms with van der Waals surface area (Å²) in [4.78, 5) is 5.48. The van der Waals surface area contributed by atoms with Crippen molar-refractivity contribution in [3.8, 4) is 6.07 Å². The van der Waals surface area contributed by atoms with Gasteiger partial charge < -0.3 is 10.0 Å². The van der Waals surface area contributed by atoms with Crippen LogP contribution in [-0.2, 0) is 0 Å². The summed E-state index contributed by atoms with van der Waals surface area (Å²) in [7, 11) is 0. The Morgan fingerprint density at radius 2 is 2.14 bits per heavy atom. The largest absolute Gasteiger partial charge is 0.416 e. The molecular formula is C15H12F3N3O. The molecule has 1 saturated heterocycles. The van der Waals surface area contributed by atoms with Crippen LogP contribution in [0.2, 0.25) is 0 Å². The Morgan fingerprint density at radius 3 is 2.73 bits per heavy atom. The predicted octanol–water partition coefficient (Wildman–Crippen LogP) is 2.61. The summed E-state index contributed by atoms with van der Waals surface area (Å²) in [6.45, 7) is 0.458. The van der Waals surface area contributed by atoms with Gasteiger partial charge in [0.25, 0.3) is 0 Å². The molecule has 2 heterocycles. The summed E-state index contributed by atoms with van der Waals surface area (Å²) in [5, 5.41) is 19.8. The maximum absolute atomic E-state index is 12.6. The van der Waals surface area contributed by atoms with Crippen molar-refractivity contribution in [2.45, 2.75) is 24.7 Å². The van der Waals surface area contributed by atoms with Crippen molar-refractivity contribution in [2.75, 3.05) is 11.4 Å². The van der Waals surface area contributed by atoms with Crippen LogP contribution in [0.1, 0.15) is 12.1 Å². The number of pyridine rings is 1. The minimum absolute atomic E-state index is 0.277. The number of alkyl halides is 3. The fourth-order valence-corrected chi connectivity index (χ4v) is 2.71. The van der Waals surface area contributed by atoms with Gasteiger partial charge in [0.15, 0.2) is 6.10 Å². The molecule has 0 amide bonds. The number of aliphatic hydroxyl groups excluding tert-OH is 1. The molecule has 1 fully saturated rings. The average Bonchev–Trinajstić information content (AvgIpc) is 2.44. The van der Waals surface area contributed by atoms with Crippen LogP contribution >= 0.6 is 0 Å². The highest BCUT2D eigenvalue weighted by Crippen LogP contribution is 2.35. The lowest BCUT2D eigenvalue weighted by Crippen LogP contribution is -2.58. The molecule has 1 aliphatic heterocycles. The zero-order valence-corrected chi connectivity index (χ0v) is 11.4. The Labute approximate surface area is 124 Å². The standard InChI is InChI=1S/C15H12F3N3O/c16-15(17,18)14(22)13-4-6-21(13)10-1-2-11-9(7-10)3-5-20-12(11)8-19/h1-3,5,7,13-14,22H,4,6H2/t13-,14-/m0/s1. The number of aliphatic hydroxyl groups is 1. The monoisotopic (exact) mass is 307 g/mol. The van der Waals surface area contributed by atoms with Crippen molar-refractivity contribution in [3.05, 3.63) is 36.2 Å². The number of benzene rings is 1. The van der Waals surface area contributed by atoms with E-state index in [1.165, 1.54) is 11.1 Å². The highest BCUT2D eigenvalue weighted by atomic mass is 19.4. The molecule has 114 valence electrons. The van der Waals surface area contributed by atoms with Crippen LogP contribution in [0.25, 0.3) is 10.8 Å². The van der Waals surface area contributed by atoms with Crippen molar-refractivity contribution in [1.82, 2.24) is 4.98 Å². The topological polar surface area (TPSA) is 60.2 Å². The number of aromatic nitrogens is 1. The van der Waals surface area contributed by atoms with Crippen molar-refractivity contribution < 1.29 is 18.3 Å². The molecular weight excluding hydrogens is 295 g/mol. The molecule has 22 heavy (non-hydrogen) atoms. The SMILES string of the molecule is N#Cc1nccc2cc(N3CC[C@H]3[C@H](O)C(F)(F)F)ccc12. The van der Waals surface area contributed by atoms with Crippen LogP contribution in [0.4, 0.5) is 18.9 Å². The van der Waals surface area contributed by atoms with E-state index in [4.69, 9.17) is 5.26 Å². The quantitative estimate of drug-likeness (QED) is 0.926. The summed E-state index contributed by atoms with van der Waals surface area (Å²) in [6.07, 6.45) is -5.21. The first kappa shape index (κ1) is 14.6. The van der Waals surface area contributed by atoms with E-state index in [1.807, 2.05) is 6.07 Å². The fraction of sp³-hybridized carbons (Fsp3) is 0.333. The molecule has 0 unspecified atom stereocenters. The molecule has 4 nitrogen and oxygen atoms in total. The zero-order valence-electron chi connectivity index (χ0n) is 11.4. The highest BCUT2D eigenvalue weighted by Gasteiger charge is 2.48. The summed E-state index contributed by atoms with van der Waals surface area (Å²) >= 11 is 0. The average molecular weight is 307 g/mol. The molecule has 1 aliphatic rings. The molecule has 0 saturated carbocycles. The Bertz CT molecular complexity index is 754. The molecule has 2 atom stereocenters. The van der Waals surface area contributed by atoms with E-state index in [2.05, 4.69) is 4.98 Å². The lowest BCUT2D eigenvalue weighted by atomic mass is 9.95. The number of anilines is 1. The molecule has 0 aliphatic carbocycles. The minimum Gasteiger partial charge on any atom is -0.382 e. The third-order valence-corrected chi connectivity index (χ3v) is 3.95. The molecule has 2 aromatic rings. The van der Waals surface area contributed by atoms with Gasteiger partial charge in [-0.05, 0) is 36.1 Å². The maximum Gasteiger partial charge on any atom is 0.416 e. The highest BCUT2D eigenvalue weighted by molar-refractivity contribution is 5.89. The third-order valence-electron chi connectivity index (χ3n) is 3.95.